The van der Waals surface area contributed by atoms with Crippen molar-refractivity contribution in [3.63, 3.8) is 0 Å². The summed E-state index contributed by atoms with van der Waals surface area (Å²) in [6, 6.07) is 17.4. The third kappa shape index (κ3) is 6.77. The lowest BCUT2D eigenvalue weighted by Gasteiger charge is -2.33. The molecule has 0 radical (unpaired) electrons. The number of aromatic nitrogens is 3. The predicted molar refractivity (Wildman–Crippen MR) is 155 cm³/mol. The van der Waals surface area contributed by atoms with Crippen LogP contribution in [0.1, 0.15) is 56.5 Å². The highest BCUT2D eigenvalue weighted by molar-refractivity contribution is 5.94. The van der Waals surface area contributed by atoms with Gasteiger partial charge in [-0.2, -0.15) is 10.4 Å². The first-order valence-corrected chi connectivity index (χ1v) is 13.6. The number of hydrogen-bond donors (Lipinski definition) is 2. The highest BCUT2D eigenvalue weighted by atomic mass is 16.5. The number of carbonyl (C=O) groups is 1. The number of hydrogen-bond acceptors (Lipinski definition) is 7. The molecule has 9 nitrogen and oxygen atoms in total. The molecule has 0 bridgehead atoms. The normalized spacial score (nSPS) is 13.8. The summed E-state index contributed by atoms with van der Waals surface area (Å²) >= 11 is 0. The monoisotopic (exact) mass is 540 g/mol. The molecule has 5 rings (SSSR count). The number of nitrogens with zero attached hydrogens (tertiary/aromatic N) is 5. The minimum atomic E-state index is -0.988. The van der Waals surface area contributed by atoms with Crippen LogP contribution in [0.4, 0.5) is 5.82 Å². The third-order valence-corrected chi connectivity index (χ3v) is 6.55. The zero-order valence-corrected chi connectivity index (χ0v) is 23.5. The van der Waals surface area contributed by atoms with Crippen LogP contribution in [0.5, 0.6) is 5.75 Å². The summed E-state index contributed by atoms with van der Waals surface area (Å²) in [4.78, 5) is 19.4. The number of amides is 1. The van der Waals surface area contributed by atoms with Crippen molar-refractivity contribution in [2.75, 3.05) is 24.6 Å². The maximum absolute atomic E-state index is 12.5. The summed E-state index contributed by atoms with van der Waals surface area (Å²) in [5.74, 6) is 1.36. The highest BCUT2D eigenvalue weighted by Gasteiger charge is 2.22. The summed E-state index contributed by atoms with van der Waals surface area (Å²) in [5.41, 5.74) is 2.42. The van der Waals surface area contributed by atoms with Gasteiger partial charge in [-0.3, -0.25) is 4.79 Å². The second kappa shape index (κ2) is 12.6. The van der Waals surface area contributed by atoms with Gasteiger partial charge in [0.05, 0.1) is 29.1 Å². The van der Waals surface area contributed by atoms with Crippen molar-refractivity contribution in [3.8, 4) is 22.9 Å². The Hall–Kier alpha value is -4.42. The summed E-state index contributed by atoms with van der Waals surface area (Å²) in [7, 11) is 0. The predicted octanol–water partition coefficient (Wildman–Crippen LogP) is 4.84. The van der Waals surface area contributed by atoms with Gasteiger partial charge in [-0.1, -0.05) is 32.0 Å². The molecular weight excluding hydrogens is 504 g/mol. The van der Waals surface area contributed by atoms with E-state index < -0.39 is 5.60 Å². The van der Waals surface area contributed by atoms with E-state index in [-0.39, 0.29) is 18.6 Å². The number of pyridine rings is 2. The molecule has 1 aliphatic rings. The molecule has 1 saturated heterocycles. The average Bonchev–Trinajstić information content (AvgIpc) is 3.40. The van der Waals surface area contributed by atoms with Crippen LogP contribution >= 0.6 is 0 Å². The van der Waals surface area contributed by atoms with Crippen LogP contribution < -0.4 is 15.0 Å². The summed E-state index contributed by atoms with van der Waals surface area (Å²) < 4.78 is 7.44. The maximum atomic E-state index is 12.5. The molecular formula is C31H36N6O3. The van der Waals surface area contributed by atoms with Crippen LogP contribution in [0.15, 0.2) is 67.1 Å². The second-order valence-electron chi connectivity index (χ2n) is 10.2. The molecule has 0 saturated carbocycles. The fourth-order valence-electron chi connectivity index (χ4n) is 4.58. The topological polar surface area (TPSA) is 116 Å². The number of ether oxygens (including phenoxy) is 1. The van der Waals surface area contributed by atoms with Gasteiger partial charge in [-0.15, -0.1) is 0 Å². The largest absolute Gasteiger partial charge is 0.489 e. The molecule has 3 aromatic heterocycles. The molecule has 1 amide bonds. The van der Waals surface area contributed by atoms with E-state index in [0.29, 0.717) is 22.4 Å². The number of anilines is 1. The molecule has 2 N–H and O–H groups in total. The van der Waals surface area contributed by atoms with E-state index in [0.717, 1.165) is 42.9 Å². The Balaban J connectivity index is 0.00000181. The molecule has 0 aliphatic carbocycles. The number of fused-ring (bicyclic) bond motifs is 1. The molecule has 9 heteroatoms. The maximum Gasteiger partial charge on any atom is 0.251 e. The van der Waals surface area contributed by atoms with Gasteiger partial charge >= 0.3 is 0 Å². The first kappa shape index (κ1) is 28.6. The number of piperidine rings is 1. The van der Waals surface area contributed by atoms with Crippen LogP contribution in [0, 0.1) is 11.3 Å². The Morgan fingerprint density at radius 2 is 1.88 bits per heavy atom. The standard InChI is InChI=1S/C29H30N6O3.C2H6/c1-29(2,37)19-38-24-14-25(27-22(15-30)17-32-35(27)18-24)21-8-9-26(31-16-21)34-12-10-23(11-13-34)33-28(36)20-6-4-3-5-7-20;1-2/h3-9,14,16-18,23,37H,10-13,19H2,1-2H3,(H,33,36);1-2H3. The van der Waals surface area contributed by atoms with E-state index in [1.807, 2.05) is 62.4 Å². The zero-order chi connectivity index (χ0) is 28.7. The molecule has 4 aromatic rings. The van der Waals surface area contributed by atoms with Crippen LogP contribution in [0.3, 0.4) is 0 Å². The van der Waals surface area contributed by atoms with Crippen molar-refractivity contribution in [1.29, 1.82) is 5.26 Å². The smallest absolute Gasteiger partial charge is 0.251 e. The lowest BCUT2D eigenvalue weighted by atomic mass is 10.0. The lowest BCUT2D eigenvalue weighted by molar-refractivity contribution is 0.0283. The molecule has 1 aliphatic heterocycles. The number of nitriles is 1. The Bertz CT molecular complexity index is 1460. The molecule has 0 atom stereocenters. The lowest BCUT2D eigenvalue weighted by Crippen LogP contribution is -2.44. The van der Waals surface area contributed by atoms with Crippen molar-refractivity contribution in [3.05, 3.63) is 78.2 Å². The number of nitrogens with one attached hydrogen (secondary N) is 1. The van der Waals surface area contributed by atoms with Gasteiger partial charge in [0, 0.05) is 42.0 Å². The first-order valence-electron chi connectivity index (χ1n) is 13.6. The SMILES string of the molecule is CC.CC(C)(O)COc1cc(-c2ccc(N3CCC(NC(=O)c4ccccc4)CC3)nc2)c2c(C#N)cnn2c1. The van der Waals surface area contributed by atoms with Crippen molar-refractivity contribution < 1.29 is 14.6 Å². The van der Waals surface area contributed by atoms with Gasteiger partial charge < -0.3 is 20.1 Å². The highest BCUT2D eigenvalue weighted by Crippen LogP contribution is 2.32. The molecule has 1 fully saturated rings. The van der Waals surface area contributed by atoms with Gasteiger partial charge in [0.15, 0.2) is 0 Å². The van der Waals surface area contributed by atoms with Crippen molar-refractivity contribution in [2.24, 2.45) is 0 Å². The van der Waals surface area contributed by atoms with E-state index in [1.54, 1.807) is 30.8 Å². The fourth-order valence-corrected chi connectivity index (χ4v) is 4.58. The van der Waals surface area contributed by atoms with Gasteiger partial charge in [-0.05, 0) is 57.0 Å². The minimum absolute atomic E-state index is 0.0387. The summed E-state index contributed by atoms with van der Waals surface area (Å²) in [6.45, 7) is 9.05. The second-order valence-corrected chi connectivity index (χ2v) is 10.2. The number of aliphatic hydroxyl groups is 1. The van der Waals surface area contributed by atoms with E-state index in [2.05, 4.69) is 21.4 Å². The molecule has 0 unspecified atom stereocenters. The number of rotatable bonds is 7. The fraction of sp³-hybridized carbons (Fsp3) is 0.355. The van der Waals surface area contributed by atoms with E-state index in [4.69, 9.17) is 9.72 Å². The van der Waals surface area contributed by atoms with Crippen molar-refractivity contribution in [1.82, 2.24) is 19.9 Å². The first-order chi connectivity index (χ1) is 19.3. The Morgan fingerprint density at radius 3 is 2.50 bits per heavy atom. The van der Waals surface area contributed by atoms with E-state index in [1.165, 1.54) is 6.20 Å². The van der Waals surface area contributed by atoms with Gasteiger partial charge in [0.1, 0.15) is 24.2 Å². The quantitative estimate of drug-likeness (QED) is 0.344. The Morgan fingerprint density at radius 1 is 1.15 bits per heavy atom. The summed E-state index contributed by atoms with van der Waals surface area (Å²) in [6.07, 6.45) is 6.70. The van der Waals surface area contributed by atoms with E-state index in [9.17, 15) is 15.2 Å². The Kier molecular flexibility index (Phi) is 9.02. The number of benzene rings is 1. The third-order valence-electron chi connectivity index (χ3n) is 6.55. The molecule has 1 aromatic carbocycles. The number of carbonyl (C=O) groups excluding carboxylic acids is 1. The van der Waals surface area contributed by atoms with Crippen LogP contribution in [-0.4, -0.2) is 57.0 Å². The van der Waals surface area contributed by atoms with Crippen LogP contribution in [-0.2, 0) is 0 Å². The van der Waals surface area contributed by atoms with Crippen molar-refractivity contribution in [2.45, 2.75) is 52.2 Å². The van der Waals surface area contributed by atoms with Crippen LogP contribution in [0.25, 0.3) is 16.6 Å². The molecule has 4 heterocycles. The average molecular weight is 541 g/mol. The van der Waals surface area contributed by atoms with Gasteiger partial charge in [0.25, 0.3) is 5.91 Å². The molecule has 40 heavy (non-hydrogen) atoms. The van der Waals surface area contributed by atoms with Gasteiger partial charge in [0.2, 0.25) is 0 Å². The van der Waals surface area contributed by atoms with Crippen LogP contribution in [0.2, 0.25) is 0 Å². The van der Waals surface area contributed by atoms with Gasteiger partial charge in [-0.25, -0.2) is 9.50 Å². The van der Waals surface area contributed by atoms with Crippen molar-refractivity contribution >= 4 is 17.2 Å². The molecule has 0 spiro atoms. The minimum Gasteiger partial charge on any atom is -0.489 e. The summed E-state index contributed by atoms with van der Waals surface area (Å²) in [5, 5.41) is 27.1. The molecule has 208 valence electrons. The Labute approximate surface area is 235 Å². The zero-order valence-electron chi connectivity index (χ0n) is 23.5. The van der Waals surface area contributed by atoms with E-state index >= 15 is 0 Å².